The van der Waals surface area contributed by atoms with E-state index in [1.807, 2.05) is 51.2 Å². The minimum Gasteiger partial charge on any atom is -1.00 e. The number of fused-ring (bicyclic) bond motifs is 1. The van der Waals surface area contributed by atoms with Crippen LogP contribution < -0.4 is 35.9 Å². The van der Waals surface area contributed by atoms with Gasteiger partial charge in [-0.15, -0.1) is 0 Å². The van der Waals surface area contributed by atoms with Crippen molar-refractivity contribution in [1.29, 1.82) is 0 Å². The van der Waals surface area contributed by atoms with Crippen molar-refractivity contribution >= 4 is 10.8 Å². The Balaban J connectivity index is 0.00000280. The first kappa shape index (κ1) is 21.6. The topological polar surface area (TPSA) is 40.8 Å². The van der Waals surface area contributed by atoms with Gasteiger partial charge in [0.05, 0.1) is 33.0 Å². The number of nitrogens with zero attached hydrogens (tertiary/aromatic N) is 1. The van der Waals surface area contributed by atoms with Gasteiger partial charge in [-0.05, 0) is 49.6 Å². The summed E-state index contributed by atoms with van der Waals surface area (Å²) in [6.45, 7) is 4.00. The molecule has 0 amide bonds. The van der Waals surface area contributed by atoms with E-state index < -0.39 is 0 Å². The molecule has 28 heavy (non-hydrogen) atoms. The fourth-order valence-electron chi connectivity index (χ4n) is 3.14. The summed E-state index contributed by atoms with van der Waals surface area (Å²) in [5.41, 5.74) is 2.10. The minimum absolute atomic E-state index is 0. The summed E-state index contributed by atoms with van der Waals surface area (Å²) in [6.07, 6.45) is 2.17. The third-order valence-electron chi connectivity index (χ3n) is 4.42. The van der Waals surface area contributed by atoms with E-state index >= 15 is 0 Å². The van der Waals surface area contributed by atoms with Crippen LogP contribution in [0.15, 0.2) is 42.6 Å². The zero-order valence-corrected chi connectivity index (χ0v) is 17.8. The summed E-state index contributed by atoms with van der Waals surface area (Å²) < 4.78 is 24.3. The Morgan fingerprint density at radius 2 is 1.32 bits per heavy atom. The van der Waals surface area contributed by atoms with Crippen LogP contribution in [-0.4, -0.2) is 27.4 Å². The Bertz CT molecular complexity index is 972. The van der Waals surface area contributed by atoms with E-state index in [0.29, 0.717) is 11.5 Å². The number of aryl methyl sites for hydroxylation is 1. The van der Waals surface area contributed by atoms with Crippen LogP contribution in [0.4, 0.5) is 0 Å². The molecule has 3 aromatic rings. The smallest absolute Gasteiger partial charge is 0.213 e. The van der Waals surface area contributed by atoms with Crippen LogP contribution in [0.2, 0.25) is 0 Å². The van der Waals surface area contributed by atoms with Crippen LogP contribution in [0.1, 0.15) is 13.8 Å². The van der Waals surface area contributed by atoms with Crippen LogP contribution in [0.3, 0.4) is 0 Å². The van der Waals surface area contributed by atoms with E-state index in [0.717, 1.165) is 33.5 Å². The van der Waals surface area contributed by atoms with Crippen molar-refractivity contribution in [3.05, 3.63) is 42.6 Å². The van der Waals surface area contributed by atoms with Crippen LogP contribution >= 0.6 is 0 Å². The van der Waals surface area contributed by atoms with Crippen LogP contribution in [-0.2, 0) is 7.05 Å². The van der Waals surface area contributed by atoms with Crippen molar-refractivity contribution in [2.75, 3.05) is 21.3 Å². The van der Waals surface area contributed by atoms with Crippen LogP contribution in [0.5, 0.6) is 23.0 Å². The molecule has 0 bridgehead atoms. The molecule has 0 radical (unpaired) electrons. The Hall–Kier alpha value is -2.66. The molecule has 0 aliphatic heterocycles. The molecule has 0 unspecified atom stereocenters. The molecule has 5 nitrogen and oxygen atoms in total. The molecule has 0 fully saturated rings. The molecule has 0 atom stereocenters. The van der Waals surface area contributed by atoms with E-state index in [1.54, 1.807) is 21.3 Å². The van der Waals surface area contributed by atoms with Gasteiger partial charge in [-0.1, -0.05) is 0 Å². The Kier molecular flexibility index (Phi) is 6.97. The maximum Gasteiger partial charge on any atom is 0.213 e. The second-order valence-corrected chi connectivity index (χ2v) is 6.64. The normalized spacial score (nSPS) is 10.5. The summed E-state index contributed by atoms with van der Waals surface area (Å²) in [7, 11) is 6.97. The number of hydrogen-bond acceptors (Lipinski definition) is 4. The molecule has 2 aromatic carbocycles. The zero-order valence-electron chi connectivity index (χ0n) is 17.1. The fraction of sp³-hybridized carbons (Fsp3) is 0.318. The van der Waals surface area contributed by atoms with Crippen molar-refractivity contribution < 1.29 is 35.9 Å². The Labute approximate surface area is 172 Å². The number of methoxy groups -OCH3 is 3. The van der Waals surface area contributed by atoms with Gasteiger partial charge in [0.15, 0.2) is 29.2 Å². The summed E-state index contributed by atoms with van der Waals surface area (Å²) in [5, 5.41) is 2.15. The highest BCUT2D eigenvalue weighted by atomic mass is 35.5. The van der Waals surface area contributed by atoms with Crippen molar-refractivity contribution in [2.24, 2.45) is 7.05 Å². The van der Waals surface area contributed by atoms with E-state index in [-0.39, 0.29) is 18.5 Å². The molecular formula is C22H26ClNO4. The number of rotatable bonds is 6. The molecule has 0 spiro atoms. The fourth-order valence-corrected chi connectivity index (χ4v) is 3.14. The summed E-state index contributed by atoms with van der Waals surface area (Å²) in [6, 6.07) is 12.1. The highest BCUT2D eigenvalue weighted by Gasteiger charge is 2.17. The number of hydrogen-bond donors (Lipinski definition) is 0. The lowest BCUT2D eigenvalue weighted by atomic mass is 10.1. The molecule has 1 heterocycles. The molecule has 0 saturated carbocycles. The van der Waals surface area contributed by atoms with Gasteiger partial charge in [0.25, 0.3) is 0 Å². The van der Waals surface area contributed by atoms with Gasteiger partial charge >= 0.3 is 0 Å². The third kappa shape index (κ3) is 4.25. The van der Waals surface area contributed by atoms with Crippen molar-refractivity contribution in [2.45, 2.75) is 20.0 Å². The molecule has 6 heteroatoms. The first-order valence-electron chi connectivity index (χ1n) is 8.87. The number of halogens is 1. The third-order valence-corrected chi connectivity index (χ3v) is 4.42. The maximum absolute atomic E-state index is 5.82. The first-order valence-corrected chi connectivity index (χ1v) is 8.87. The van der Waals surface area contributed by atoms with Crippen LogP contribution in [0, 0.1) is 0 Å². The minimum atomic E-state index is 0. The lowest BCUT2D eigenvalue weighted by molar-refractivity contribution is -0.659. The summed E-state index contributed by atoms with van der Waals surface area (Å²) >= 11 is 0. The van der Waals surface area contributed by atoms with Gasteiger partial charge in [0.1, 0.15) is 7.05 Å². The zero-order chi connectivity index (χ0) is 19.6. The predicted octanol–water partition coefficient (Wildman–Crippen LogP) is 1.15. The Morgan fingerprint density at radius 3 is 1.89 bits per heavy atom. The molecule has 1 aromatic heterocycles. The van der Waals surface area contributed by atoms with Gasteiger partial charge in [-0.3, -0.25) is 0 Å². The monoisotopic (exact) mass is 403 g/mol. The van der Waals surface area contributed by atoms with Crippen molar-refractivity contribution in [3.63, 3.8) is 0 Å². The lowest BCUT2D eigenvalue weighted by Crippen LogP contribution is -3.00. The standard InChI is InChI=1S/C22H26NO4.ClH/c1-14(2)27-19-8-7-15(10-20(19)24-4)18-9-16-11-21(25-5)22(26-6)12-17(16)13-23(18)3;/h7-14H,1-6H3;1H/q+1;/p-1. The Morgan fingerprint density at radius 1 is 0.750 bits per heavy atom. The maximum atomic E-state index is 5.82. The second-order valence-electron chi connectivity index (χ2n) is 6.64. The number of benzene rings is 2. The summed E-state index contributed by atoms with van der Waals surface area (Å²) in [4.78, 5) is 0. The molecule has 3 rings (SSSR count). The van der Waals surface area contributed by atoms with Crippen molar-refractivity contribution in [1.82, 2.24) is 0 Å². The largest absolute Gasteiger partial charge is 1.00 e. The van der Waals surface area contributed by atoms with E-state index in [2.05, 4.69) is 16.8 Å². The molecule has 0 aliphatic rings. The number of pyridine rings is 1. The van der Waals surface area contributed by atoms with Gasteiger partial charge in [-0.2, -0.15) is 0 Å². The summed E-state index contributed by atoms with van der Waals surface area (Å²) in [5.74, 6) is 2.89. The molecular weight excluding hydrogens is 378 g/mol. The van der Waals surface area contributed by atoms with Crippen molar-refractivity contribution in [3.8, 4) is 34.3 Å². The lowest BCUT2D eigenvalue weighted by Gasteiger charge is -2.14. The number of aromatic nitrogens is 1. The van der Waals surface area contributed by atoms with Gasteiger partial charge < -0.3 is 31.4 Å². The average Bonchev–Trinajstić information content (AvgIpc) is 2.66. The van der Waals surface area contributed by atoms with Gasteiger partial charge in [0.2, 0.25) is 5.69 Å². The van der Waals surface area contributed by atoms with E-state index in [4.69, 9.17) is 18.9 Å². The van der Waals surface area contributed by atoms with E-state index in [9.17, 15) is 0 Å². The quantitative estimate of drug-likeness (QED) is 0.579. The first-order chi connectivity index (χ1) is 13.0. The second kappa shape index (κ2) is 9.02. The predicted molar refractivity (Wildman–Crippen MR) is 106 cm³/mol. The molecule has 150 valence electrons. The highest BCUT2D eigenvalue weighted by molar-refractivity contribution is 5.87. The SMILES string of the molecule is COc1cc2cc(-c3ccc(OC(C)C)c(OC)c3)[n+](C)cc2cc1OC.[Cl-]. The van der Waals surface area contributed by atoms with Gasteiger partial charge in [-0.25, -0.2) is 4.57 Å². The van der Waals surface area contributed by atoms with Crippen LogP contribution in [0.25, 0.3) is 22.0 Å². The molecule has 0 saturated heterocycles. The van der Waals surface area contributed by atoms with E-state index in [1.165, 1.54) is 0 Å². The average molecular weight is 404 g/mol. The number of ether oxygens (including phenoxy) is 4. The molecule has 0 aliphatic carbocycles. The highest BCUT2D eigenvalue weighted by Crippen LogP contribution is 2.35. The van der Waals surface area contributed by atoms with Gasteiger partial charge in [0, 0.05) is 11.5 Å². The molecule has 0 N–H and O–H groups in total.